The van der Waals surface area contributed by atoms with Crippen LogP contribution >= 0.6 is 0 Å². The van der Waals surface area contributed by atoms with Crippen molar-refractivity contribution < 1.29 is 9.32 Å². The lowest BCUT2D eigenvalue weighted by Gasteiger charge is -2.14. The summed E-state index contributed by atoms with van der Waals surface area (Å²) in [4.78, 5) is 29.7. The Morgan fingerprint density at radius 3 is 2.85 bits per heavy atom. The Bertz CT molecular complexity index is 1050. The number of para-hydroxylation sites is 1. The predicted molar refractivity (Wildman–Crippen MR) is 101 cm³/mol. The Hall–Kier alpha value is -3.22. The quantitative estimate of drug-likeness (QED) is 0.710. The van der Waals surface area contributed by atoms with Crippen molar-refractivity contribution in [2.24, 2.45) is 7.05 Å². The molecular weight excluding hydrogens is 344 g/mol. The van der Waals surface area contributed by atoms with Crippen LogP contribution < -0.4 is 10.5 Å². The molecule has 7 nitrogen and oxygen atoms in total. The molecule has 0 saturated carbocycles. The number of anilines is 1. The van der Waals surface area contributed by atoms with Crippen molar-refractivity contribution in [3.8, 4) is 11.4 Å². The topological polar surface area (TPSA) is 81.2 Å². The first-order valence-electron chi connectivity index (χ1n) is 8.89. The first-order chi connectivity index (χ1) is 13.0. The smallest absolute Gasteiger partial charge is 0.250 e. The number of aromatic nitrogens is 3. The van der Waals surface area contributed by atoms with Crippen molar-refractivity contribution in [2.75, 3.05) is 11.4 Å². The molecule has 1 aliphatic heterocycles. The highest BCUT2D eigenvalue weighted by Crippen LogP contribution is 2.38. The number of aryl methyl sites for hydroxylation is 2. The van der Waals surface area contributed by atoms with Crippen molar-refractivity contribution in [1.29, 1.82) is 0 Å². The van der Waals surface area contributed by atoms with Gasteiger partial charge in [0.15, 0.2) is 0 Å². The fourth-order valence-corrected chi connectivity index (χ4v) is 3.54. The molecule has 0 bridgehead atoms. The largest absolute Gasteiger partial charge is 0.339 e. The summed E-state index contributed by atoms with van der Waals surface area (Å²) in [6, 6.07) is 11.2. The van der Waals surface area contributed by atoms with Gasteiger partial charge in [0.2, 0.25) is 23.2 Å². The summed E-state index contributed by atoms with van der Waals surface area (Å²) in [5.41, 5.74) is 2.83. The van der Waals surface area contributed by atoms with Crippen molar-refractivity contribution in [3.05, 3.63) is 64.4 Å². The number of amides is 1. The SMILES string of the molecule is CC(=O)N1CC(CCc2nc(-c3ccc(=O)n(C)c3)no2)c2ccccc21. The molecule has 7 heteroatoms. The molecule has 1 aliphatic rings. The van der Waals surface area contributed by atoms with Crippen molar-refractivity contribution in [3.63, 3.8) is 0 Å². The van der Waals surface area contributed by atoms with Gasteiger partial charge in [-0.1, -0.05) is 23.4 Å². The van der Waals surface area contributed by atoms with Crippen LogP contribution in [0.25, 0.3) is 11.4 Å². The van der Waals surface area contributed by atoms with Crippen molar-refractivity contribution >= 4 is 11.6 Å². The molecule has 3 heterocycles. The minimum atomic E-state index is -0.0857. The van der Waals surface area contributed by atoms with Gasteiger partial charge in [0, 0.05) is 56.4 Å². The second-order valence-electron chi connectivity index (χ2n) is 6.80. The number of rotatable bonds is 4. The molecule has 0 spiro atoms. The maximum atomic E-state index is 11.9. The molecule has 0 radical (unpaired) electrons. The highest BCUT2D eigenvalue weighted by Gasteiger charge is 2.30. The lowest BCUT2D eigenvalue weighted by Crippen LogP contribution is -2.27. The molecule has 4 rings (SSSR count). The van der Waals surface area contributed by atoms with E-state index in [0.717, 1.165) is 17.7 Å². The van der Waals surface area contributed by atoms with Gasteiger partial charge in [-0.3, -0.25) is 9.59 Å². The third kappa shape index (κ3) is 3.28. The molecule has 0 aliphatic carbocycles. The summed E-state index contributed by atoms with van der Waals surface area (Å²) in [5.74, 6) is 1.33. The third-order valence-electron chi connectivity index (χ3n) is 4.97. The molecule has 0 N–H and O–H groups in total. The number of benzene rings is 1. The minimum absolute atomic E-state index is 0.0553. The minimum Gasteiger partial charge on any atom is -0.339 e. The standard InChI is InChI=1S/C20H20N4O3/c1-13(25)24-12-14(16-5-3-4-6-17(16)24)7-9-18-21-20(22-27-18)15-8-10-19(26)23(2)11-15/h3-6,8,10-11,14H,7,9,12H2,1-2H3. The molecule has 3 aromatic rings. The van der Waals surface area contributed by atoms with E-state index in [2.05, 4.69) is 16.2 Å². The normalized spacial score (nSPS) is 15.8. The van der Waals surface area contributed by atoms with E-state index in [1.54, 1.807) is 26.2 Å². The van der Waals surface area contributed by atoms with Gasteiger partial charge in [-0.2, -0.15) is 4.98 Å². The molecule has 27 heavy (non-hydrogen) atoms. The van der Waals surface area contributed by atoms with Crippen LogP contribution in [0, 0.1) is 0 Å². The van der Waals surface area contributed by atoms with Gasteiger partial charge in [-0.25, -0.2) is 0 Å². The molecule has 0 fully saturated rings. The zero-order valence-corrected chi connectivity index (χ0v) is 15.3. The highest BCUT2D eigenvalue weighted by atomic mass is 16.5. The van der Waals surface area contributed by atoms with Crippen LogP contribution in [0.1, 0.15) is 30.7 Å². The van der Waals surface area contributed by atoms with Gasteiger partial charge in [-0.15, -0.1) is 0 Å². The summed E-state index contributed by atoms with van der Waals surface area (Å²) in [7, 11) is 1.69. The predicted octanol–water partition coefficient (Wildman–Crippen LogP) is 2.52. The fourth-order valence-electron chi connectivity index (χ4n) is 3.54. The van der Waals surface area contributed by atoms with E-state index in [1.165, 1.54) is 16.2 Å². The number of hydrogen-bond acceptors (Lipinski definition) is 5. The van der Waals surface area contributed by atoms with E-state index >= 15 is 0 Å². The molecule has 1 atom stereocenters. The number of pyridine rings is 1. The molecule has 2 aromatic heterocycles. The van der Waals surface area contributed by atoms with E-state index in [1.807, 2.05) is 23.1 Å². The van der Waals surface area contributed by atoms with E-state index in [-0.39, 0.29) is 17.4 Å². The zero-order chi connectivity index (χ0) is 19.0. The van der Waals surface area contributed by atoms with Crippen molar-refractivity contribution in [1.82, 2.24) is 14.7 Å². The highest BCUT2D eigenvalue weighted by molar-refractivity contribution is 5.94. The maximum Gasteiger partial charge on any atom is 0.250 e. The average molecular weight is 364 g/mol. The van der Waals surface area contributed by atoms with Gasteiger partial charge in [0.1, 0.15) is 0 Å². The Morgan fingerprint density at radius 2 is 2.07 bits per heavy atom. The van der Waals surface area contributed by atoms with Crippen LogP contribution in [0.15, 0.2) is 51.9 Å². The molecular formula is C20H20N4O3. The number of hydrogen-bond donors (Lipinski definition) is 0. The lowest BCUT2D eigenvalue weighted by molar-refractivity contribution is -0.116. The first kappa shape index (κ1) is 17.2. The number of carbonyl (C=O) groups excluding carboxylic acids is 1. The Balaban J connectivity index is 1.49. The van der Waals surface area contributed by atoms with Crippen LogP contribution in [0.4, 0.5) is 5.69 Å². The fraction of sp³-hybridized carbons (Fsp3) is 0.300. The summed E-state index contributed by atoms with van der Waals surface area (Å²) in [6.45, 7) is 2.27. The molecule has 1 amide bonds. The second-order valence-corrected chi connectivity index (χ2v) is 6.80. The van der Waals surface area contributed by atoms with Crippen LogP contribution in [0.5, 0.6) is 0 Å². The maximum absolute atomic E-state index is 11.9. The van der Waals surface area contributed by atoms with Gasteiger partial charge >= 0.3 is 0 Å². The van der Waals surface area contributed by atoms with E-state index in [0.29, 0.717) is 24.7 Å². The van der Waals surface area contributed by atoms with E-state index in [9.17, 15) is 9.59 Å². The van der Waals surface area contributed by atoms with Crippen LogP contribution in [0.3, 0.4) is 0 Å². The summed E-state index contributed by atoms with van der Waals surface area (Å²) >= 11 is 0. The lowest BCUT2D eigenvalue weighted by atomic mass is 9.96. The first-order valence-corrected chi connectivity index (χ1v) is 8.89. The average Bonchev–Trinajstić information content (AvgIpc) is 3.27. The van der Waals surface area contributed by atoms with Crippen LogP contribution in [-0.4, -0.2) is 27.2 Å². The van der Waals surface area contributed by atoms with E-state index < -0.39 is 0 Å². The Morgan fingerprint density at radius 1 is 1.26 bits per heavy atom. The molecule has 138 valence electrons. The number of fused-ring (bicyclic) bond motifs is 1. The second kappa shape index (κ2) is 6.83. The van der Waals surface area contributed by atoms with Crippen molar-refractivity contribution in [2.45, 2.75) is 25.7 Å². The summed E-state index contributed by atoms with van der Waals surface area (Å²) < 4.78 is 6.87. The molecule has 1 aromatic carbocycles. The number of carbonyl (C=O) groups is 1. The molecule has 0 saturated heterocycles. The number of nitrogens with zero attached hydrogens (tertiary/aromatic N) is 4. The Labute approximate surface area is 156 Å². The Kier molecular flexibility index (Phi) is 4.35. The van der Waals surface area contributed by atoms with Gasteiger partial charge in [0.05, 0.1) is 0 Å². The molecule has 1 unspecified atom stereocenters. The van der Waals surface area contributed by atoms with E-state index in [4.69, 9.17) is 4.52 Å². The monoisotopic (exact) mass is 364 g/mol. The van der Waals surface area contributed by atoms with Crippen LogP contribution in [-0.2, 0) is 18.3 Å². The third-order valence-corrected chi connectivity index (χ3v) is 4.97. The van der Waals surface area contributed by atoms with Gasteiger partial charge in [-0.05, 0) is 24.1 Å². The van der Waals surface area contributed by atoms with Gasteiger partial charge < -0.3 is 14.0 Å². The summed E-state index contributed by atoms with van der Waals surface area (Å²) in [6.07, 6.45) is 3.13. The summed E-state index contributed by atoms with van der Waals surface area (Å²) in [5, 5.41) is 4.02. The van der Waals surface area contributed by atoms with Gasteiger partial charge in [0.25, 0.3) is 0 Å². The zero-order valence-electron chi connectivity index (χ0n) is 15.3. The van der Waals surface area contributed by atoms with Crippen LogP contribution in [0.2, 0.25) is 0 Å².